The number of nitro benzene ring substituents is 1. The number of anilines is 2. The van der Waals surface area contributed by atoms with Crippen LogP contribution >= 0.6 is 0 Å². The van der Waals surface area contributed by atoms with Crippen LogP contribution in [0.25, 0.3) is 0 Å². The molecule has 1 aliphatic rings. The molecule has 24 heavy (non-hydrogen) atoms. The van der Waals surface area contributed by atoms with Gasteiger partial charge in [-0.2, -0.15) is 35.1 Å². The van der Waals surface area contributed by atoms with E-state index in [0.29, 0.717) is 0 Å². The van der Waals surface area contributed by atoms with Crippen LogP contribution in [0.2, 0.25) is 0 Å². The highest BCUT2D eigenvalue weighted by molar-refractivity contribution is 5.85. The Kier molecular flexibility index (Phi) is 3.60. The average molecular weight is 367 g/mol. The maximum Gasteiger partial charge on any atom is 0.460 e. The van der Waals surface area contributed by atoms with E-state index in [4.69, 9.17) is 0 Å². The zero-order chi connectivity index (χ0) is 18.7. The van der Waals surface area contributed by atoms with Crippen molar-refractivity contribution in [3.63, 3.8) is 0 Å². The highest BCUT2D eigenvalue weighted by atomic mass is 19.4. The second-order valence-corrected chi connectivity index (χ2v) is 4.71. The van der Waals surface area contributed by atoms with Crippen molar-refractivity contribution in [3.05, 3.63) is 27.8 Å². The Labute approximate surface area is 126 Å². The summed E-state index contributed by atoms with van der Waals surface area (Å²) >= 11 is 0. The minimum absolute atomic E-state index is 0.0553. The number of halogens is 8. The van der Waals surface area contributed by atoms with E-state index < -0.39 is 51.7 Å². The van der Waals surface area contributed by atoms with Crippen molar-refractivity contribution in [1.29, 1.82) is 0 Å². The normalized spacial score (nSPS) is 21.0. The third-order valence-electron chi connectivity index (χ3n) is 3.07. The van der Waals surface area contributed by atoms with Crippen molar-refractivity contribution in [1.82, 2.24) is 0 Å². The molecule has 0 bridgehead atoms. The number of alkyl halides is 8. The molecule has 1 atom stereocenters. The van der Waals surface area contributed by atoms with E-state index in [9.17, 15) is 50.3 Å². The Morgan fingerprint density at radius 1 is 1.04 bits per heavy atom. The number of hydrogen-bond donors (Lipinski definition) is 3. The quantitative estimate of drug-likeness (QED) is 0.424. The molecule has 1 aromatic carbocycles. The number of benzene rings is 1. The van der Waals surface area contributed by atoms with Crippen LogP contribution in [-0.4, -0.2) is 28.0 Å². The molecule has 0 spiro atoms. The van der Waals surface area contributed by atoms with Crippen LogP contribution in [0.15, 0.2) is 12.1 Å². The van der Waals surface area contributed by atoms with E-state index in [1.54, 1.807) is 0 Å². The standard InChI is InChI=1S/C10H5F8N3O3/c11-7(12,13)3-1-4-6(5(2-3)21(23)24)20-10(22,19-4)8(14,15)9(16,17)18/h1-2,19-20,22H. The highest BCUT2D eigenvalue weighted by Crippen LogP contribution is 2.51. The van der Waals surface area contributed by atoms with E-state index >= 15 is 0 Å². The molecule has 3 N–H and O–H groups in total. The number of rotatable bonds is 2. The van der Waals surface area contributed by atoms with Gasteiger partial charge in [0.05, 0.1) is 16.2 Å². The topological polar surface area (TPSA) is 87.4 Å². The second kappa shape index (κ2) is 4.81. The Hall–Kier alpha value is -2.38. The molecule has 6 nitrogen and oxygen atoms in total. The first kappa shape index (κ1) is 18.0. The van der Waals surface area contributed by atoms with Crippen molar-refractivity contribution in [3.8, 4) is 0 Å². The lowest BCUT2D eigenvalue weighted by Gasteiger charge is -2.33. The third-order valence-corrected chi connectivity index (χ3v) is 3.07. The van der Waals surface area contributed by atoms with Gasteiger partial charge in [0.1, 0.15) is 5.69 Å². The van der Waals surface area contributed by atoms with Gasteiger partial charge < -0.3 is 15.7 Å². The van der Waals surface area contributed by atoms with Crippen molar-refractivity contribution in [2.45, 2.75) is 24.1 Å². The molecule has 0 saturated carbocycles. The van der Waals surface area contributed by atoms with Gasteiger partial charge in [-0.15, -0.1) is 0 Å². The molecule has 14 heteroatoms. The zero-order valence-corrected chi connectivity index (χ0v) is 10.9. The SMILES string of the molecule is O=[N+]([O-])c1cc(C(F)(F)F)cc2c1NC(O)(C(F)(F)C(F)(F)F)N2. The summed E-state index contributed by atoms with van der Waals surface area (Å²) in [6, 6.07) is -0.00918. The first-order valence-corrected chi connectivity index (χ1v) is 5.73. The maximum atomic E-state index is 13.4. The van der Waals surface area contributed by atoms with Gasteiger partial charge in [-0.05, 0) is 6.07 Å². The number of fused-ring (bicyclic) bond motifs is 1. The number of nitro groups is 1. The summed E-state index contributed by atoms with van der Waals surface area (Å²) in [5.74, 6) is -10.2. The van der Waals surface area contributed by atoms with Crippen LogP contribution in [0.5, 0.6) is 0 Å². The largest absolute Gasteiger partial charge is 0.460 e. The van der Waals surface area contributed by atoms with Crippen LogP contribution in [0, 0.1) is 10.1 Å². The monoisotopic (exact) mass is 367 g/mol. The van der Waals surface area contributed by atoms with Gasteiger partial charge in [0.25, 0.3) is 11.5 Å². The molecule has 1 unspecified atom stereocenters. The van der Waals surface area contributed by atoms with Gasteiger partial charge in [-0.3, -0.25) is 10.1 Å². The summed E-state index contributed by atoms with van der Waals surface area (Å²) in [5, 5.41) is 22.5. The van der Waals surface area contributed by atoms with Gasteiger partial charge in [0.15, 0.2) is 0 Å². The fourth-order valence-electron chi connectivity index (χ4n) is 1.93. The summed E-state index contributed by atoms with van der Waals surface area (Å²) in [5.41, 5.74) is -5.40. The molecule has 1 heterocycles. The molecule has 0 radical (unpaired) electrons. The summed E-state index contributed by atoms with van der Waals surface area (Å²) in [6.07, 6.45) is -11.4. The van der Waals surface area contributed by atoms with Crippen LogP contribution in [0.4, 0.5) is 52.2 Å². The Balaban J connectivity index is 2.60. The average Bonchev–Trinajstić information content (AvgIpc) is 2.72. The van der Waals surface area contributed by atoms with Gasteiger partial charge >= 0.3 is 18.3 Å². The zero-order valence-electron chi connectivity index (χ0n) is 10.9. The lowest BCUT2D eigenvalue weighted by Crippen LogP contribution is -2.63. The Bertz CT molecular complexity index is 702. The molecule has 0 aliphatic carbocycles. The molecule has 134 valence electrons. The van der Waals surface area contributed by atoms with Crippen LogP contribution in [0.3, 0.4) is 0 Å². The first-order valence-electron chi connectivity index (χ1n) is 5.73. The van der Waals surface area contributed by atoms with Crippen LogP contribution in [-0.2, 0) is 6.18 Å². The summed E-state index contributed by atoms with van der Waals surface area (Å²) < 4.78 is 102. The van der Waals surface area contributed by atoms with Gasteiger partial charge in [0.2, 0.25) is 0 Å². The second-order valence-electron chi connectivity index (χ2n) is 4.71. The maximum absolute atomic E-state index is 13.4. The lowest BCUT2D eigenvalue weighted by molar-refractivity contribution is -0.384. The molecule has 0 saturated heterocycles. The van der Waals surface area contributed by atoms with E-state index in [1.165, 1.54) is 0 Å². The fourth-order valence-corrected chi connectivity index (χ4v) is 1.93. The summed E-state index contributed by atoms with van der Waals surface area (Å²) in [7, 11) is 0. The van der Waals surface area contributed by atoms with Crippen molar-refractivity contribution >= 4 is 17.1 Å². The van der Waals surface area contributed by atoms with E-state index in [1.807, 2.05) is 0 Å². The van der Waals surface area contributed by atoms with Gasteiger partial charge in [0, 0.05) is 6.07 Å². The van der Waals surface area contributed by atoms with Crippen LogP contribution in [0.1, 0.15) is 5.56 Å². The number of hydrogen-bond acceptors (Lipinski definition) is 5. The molecule has 1 aliphatic heterocycles. The Morgan fingerprint density at radius 3 is 2.00 bits per heavy atom. The molecular formula is C10H5F8N3O3. The Morgan fingerprint density at radius 2 is 1.58 bits per heavy atom. The van der Waals surface area contributed by atoms with E-state index in [0.717, 1.165) is 10.6 Å². The fraction of sp³-hybridized carbons (Fsp3) is 0.400. The molecule has 2 rings (SSSR count). The predicted octanol–water partition coefficient (Wildman–Crippen LogP) is 3.29. The summed E-state index contributed by atoms with van der Waals surface area (Å²) in [6.45, 7) is 0. The van der Waals surface area contributed by atoms with Crippen molar-refractivity contribution in [2.75, 3.05) is 10.6 Å². The van der Waals surface area contributed by atoms with Gasteiger partial charge in [-0.1, -0.05) is 0 Å². The van der Waals surface area contributed by atoms with E-state index in [2.05, 4.69) is 0 Å². The molecule has 1 aromatic rings. The molecular weight excluding hydrogens is 362 g/mol. The van der Waals surface area contributed by atoms with E-state index in [-0.39, 0.29) is 12.1 Å². The molecule has 0 fully saturated rings. The minimum atomic E-state index is -6.30. The summed E-state index contributed by atoms with van der Waals surface area (Å²) in [4.78, 5) is 9.35. The highest BCUT2D eigenvalue weighted by Gasteiger charge is 2.73. The number of nitrogens with zero attached hydrogens (tertiary/aromatic N) is 1. The predicted molar refractivity (Wildman–Crippen MR) is 61.3 cm³/mol. The lowest BCUT2D eigenvalue weighted by atomic mass is 10.1. The van der Waals surface area contributed by atoms with Crippen molar-refractivity contribution < 1.29 is 45.2 Å². The smallest absolute Gasteiger partial charge is 0.349 e. The first-order chi connectivity index (χ1) is 10.6. The minimum Gasteiger partial charge on any atom is -0.349 e. The number of nitrogens with one attached hydrogen (secondary N) is 2. The number of aliphatic hydroxyl groups is 1. The molecule has 0 aromatic heterocycles. The van der Waals surface area contributed by atoms with Crippen molar-refractivity contribution in [2.24, 2.45) is 0 Å². The van der Waals surface area contributed by atoms with Crippen LogP contribution < -0.4 is 10.6 Å². The molecule has 0 amide bonds. The third kappa shape index (κ3) is 2.55. The van der Waals surface area contributed by atoms with Gasteiger partial charge in [-0.25, -0.2) is 0 Å².